The lowest BCUT2D eigenvalue weighted by atomic mass is 10.0. The smallest absolute Gasteiger partial charge is 0.133 e. The lowest BCUT2D eigenvalue weighted by Crippen LogP contribution is -2.03. The number of hydrogen-bond donors (Lipinski definition) is 0. The van der Waals surface area contributed by atoms with E-state index in [0.29, 0.717) is 11.7 Å². The number of thiazole rings is 1. The summed E-state index contributed by atoms with van der Waals surface area (Å²) in [6.07, 6.45) is 3.41. The molecule has 1 heterocycles. The molecule has 0 fully saturated rings. The van der Waals surface area contributed by atoms with E-state index in [2.05, 4.69) is 18.8 Å². The summed E-state index contributed by atoms with van der Waals surface area (Å²) in [7, 11) is 0. The third-order valence-corrected chi connectivity index (χ3v) is 3.34. The Labute approximate surface area is 95.7 Å². The van der Waals surface area contributed by atoms with Gasteiger partial charge in [0.25, 0.3) is 0 Å². The summed E-state index contributed by atoms with van der Waals surface area (Å²) >= 11 is 1.69. The Bertz CT molecular complexity index is 317. The molecule has 1 rings (SSSR count). The van der Waals surface area contributed by atoms with Gasteiger partial charge in [0.2, 0.25) is 0 Å². The van der Waals surface area contributed by atoms with Gasteiger partial charge in [0.05, 0.1) is 11.2 Å². The van der Waals surface area contributed by atoms with Crippen molar-refractivity contribution in [1.29, 1.82) is 0 Å². The van der Waals surface area contributed by atoms with E-state index in [4.69, 9.17) is 0 Å². The lowest BCUT2D eigenvalue weighted by Gasteiger charge is -2.03. The standard InChI is InChI=1S/C12H19NOS/c1-9(2)7-11(14)5-4-6-12-10(3)13-8-15-12/h8-9H,4-7H2,1-3H3. The van der Waals surface area contributed by atoms with Crippen LogP contribution in [-0.4, -0.2) is 10.8 Å². The van der Waals surface area contributed by atoms with Crippen molar-refractivity contribution in [2.75, 3.05) is 0 Å². The third-order valence-electron chi connectivity index (χ3n) is 2.34. The lowest BCUT2D eigenvalue weighted by molar-refractivity contribution is -0.119. The maximum Gasteiger partial charge on any atom is 0.133 e. The van der Waals surface area contributed by atoms with E-state index >= 15 is 0 Å². The van der Waals surface area contributed by atoms with Crippen LogP contribution in [0.3, 0.4) is 0 Å². The number of carbonyl (C=O) groups excluding carboxylic acids is 1. The molecular weight excluding hydrogens is 206 g/mol. The Morgan fingerprint density at radius 3 is 2.80 bits per heavy atom. The second kappa shape index (κ2) is 6.01. The van der Waals surface area contributed by atoms with Crippen molar-refractivity contribution in [3.63, 3.8) is 0 Å². The number of carbonyl (C=O) groups is 1. The Morgan fingerprint density at radius 1 is 1.53 bits per heavy atom. The average Bonchev–Trinajstić information content (AvgIpc) is 2.50. The molecule has 0 spiro atoms. The number of nitrogens with zero attached hydrogens (tertiary/aromatic N) is 1. The van der Waals surface area contributed by atoms with Crippen molar-refractivity contribution in [2.24, 2.45) is 5.92 Å². The van der Waals surface area contributed by atoms with E-state index in [9.17, 15) is 4.79 Å². The number of rotatable bonds is 6. The summed E-state index contributed by atoms with van der Waals surface area (Å²) in [5, 5.41) is 0. The van der Waals surface area contributed by atoms with E-state index in [-0.39, 0.29) is 0 Å². The molecule has 0 aromatic carbocycles. The fraction of sp³-hybridized carbons (Fsp3) is 0.667. The molecular formula is C12H19NOS. The zero-order chi connectivity index (χ0) is 11.3. The Balaban J connectivity index is 2.22. The second-order valence-electron chi connectivity index (χ2n) is 4.35. The molecule has 0 aliphatic heterocycles. The number of Topliss-reactive ketones (excluding diaryl/α,β-unsaturated/α-hetero) is 1. The molecule has 1 aromatic heterocycles. The fourth-order valence-electron chi connectivity index (χ4n) is 1.57. The fourth-order valence-corrected chi connectivity index (χ4v) is 2.39. The molecule has 0 saturated heterocycles. The van der Waals surface area contributed by atoms with Crippen LogP contribution in [0.4, 0.5) is 0 Å². The van der Waals surface area contributed by atoms with Gasteiger partial charge in [0.1, 0.15) is 5.78 Å². The minimum absolute atomic E-state index is 0.396. The van der Waals surface area contributed by atoms with Crippen molar-refractivity contribution in [2.45, 2.75) is 46.5 Å². The highest BCUT2D eigenvalue weighted by atomic mass is 32.1. The van der Waals surface area contributed by atoms with Crippen molar-refractivity contribution >= 4 is 17.1 Å². The van der Waals surface area contributed by atoms with E-state index < -0.39 is 0 Å². The van der Waals surface area contributed by atoms with Crippen molar-refractivity contribution in [3.8, 4) is 0 Å². The van der Waals surface area contributed by atoms with Crippen LogP contribution in [0.2, 0.25) is 0 Å². The largest absolute Gasteiger partial charge is 0.300 e. The van der Waals surface area contributed by atoms with Crippen LogP contribution < -0.4 is 0 Å². The van der Waals surface area contributed by atoms with Crippen LogP contribution in [0, 0.1) is 12.8 Å². The van der Waals surface area contributed by atoms with Crippen molar-refractivity contribution in [1.82, 2.24) is 4.98 Å². The number of aryl methyl sites for hydroxylation is 2. The number of aromatic nitrogens is 1. The van der Waals surface area contributed by atoms with Crippen LogP contribution in [0.1, 0.15) is 43.7 Å². The molecule has 2 nitrogen and oxygen atoms in total. The highest BCUT2D eigenvalue weighted by Crippen LogP contribution is 2.15. The molecule has 0 aliphatic carbocycles. The van der Waals surface area contributed by atoms with E-state index in [0.717, 1.165) is 31.4 Å². The van der Waals surface area contributed by atoms with Crippen molar-refractivity contribution in [3.05, 3.63) is 16.1 Å². The number of ketones is 1. The zero-order valence-corrected chi connectivity index (χ0v) is 10.6. The molecule has 3 heteroatoms. The van der Waals surface area contributed by atoms with E-state index in [1.807, 2.05) is 12.4 Å². The molecule has 15 heavy (non-hydrogen) atoms. The topological polar surface area (TPSA) is 30.0 Å². The first kappa shape index (κ1) is 12.4. The summed E-state index contributed by atoms with van der Waals surface area (Å²) in [5.74, 6) is 0.884. The Morgan fingerprint density at radius 2 is 2.27 bits per heavy atom. The van der Waals surface area contributed by atoms with Gasteiger partial charge >= 0.3 is 0 Å². The first-order chi connectivity index (χ1) is 7.09. The SMILES string of the molecule is Cc1ncsc1CCCC(=O)CC(C)C. The van der Waals surface area contributed by atoms with Crippen LogP contribution in [0.15, 0.2) is 5.51 Å². The minimum atomic E-state index is 0.396. The highest BCUT2D eigenvalue weighted by Gasteiger charge is 2.06. The maximum atomic E-state index is 11.5. The molecule has 0 bridgehead atoms. The van der Waals surface area contributed by atoms with Gasteiger partial charge in [0.15, 0.2) is 0 Å². The van der Waals surface area contributed by atoms with Crippen LogP contribution >= 0.6 is 11.3 Å². The first-order valence-corrected chi connectivity index (χ1v) is 6.38. The maximum absolute atomic E-state index is 11.5. The van der Waals surface area contributed by atoms with Gasteiger partial charge in [-0.05, 0) is 25.7 Å². The second-order valence-corrected chi connectivity index (χ2v) is 5.29. The molecule has 0 amide bonds. The molecule has 0 atom stereocenters. The molecule has 1 aromatic rings. The van der Waals surface area contributed by atoms with Crippen LogP contribution in [0.25, 0.3) is 0 Å². The highest BCUT2D eigenvalue weighted by molar-refractivity contribution is 7.09. The predicted octanol–water partition coefficient (Wildman–Crippen LogP) is 3.39. The van der Waals surface area contributed by atoms with Crippen LogP contribution in [0.5, 0.6) is 0 Å². The summed E-state index contributed by atoms with van der Waals surface area (Å²) in [5.41, 5.74) is 3.00. The Hall–Kier alpha value is -0.700. The zero-order valence-electron chi connectivity index (χ0n) is 9.75. The van der Waals surface area contributed by atoms with E-state index in [1.165, 1.54) is 4.88 Å². The van der Waals surface area contributed by atoms with Gasteiger partial charge < -0.3 is 0 Å². The van der Waals surface area contributed by atoms with Gasteiger partial charge in [-0.1, -0.05) is 13.8 Å². The van der Waals surface area contributed by atoms with Gasteiger partial charge in [-0.3, -0.25) is 4.79 Å². The molecule has 0 aliphatic rings. The van der Waals surface area contributed by atoms with Gasteiger partial charge in [-0.25, -0.2) is 4.98 Å². The van der Waals surface area contributed by atoms with Gasteiger partial charge in [-0.2, -0.15) is 0 Å². The average molecular weight is 225 g/mol. The summed E-state index contributed by atoms with van der Waals surface area (Å²) < 4.78 is 0. The minimum Gasteiger partial charge on any atom is -0.300 e. The van der Waals surface area contributed by atoms with Crippen LogP contribution in [-0.2, 0) is 11.2 Å². The quantitative estimate of drug-likeness (QED) is 0.742. The third kappa shape index (κ3) is 4.56. The Kier molecular flexibility index (Phi) is 4.95. The van der Waals surface area contributed by atoms with Gasteiger partial charge in [0, 0.05) is 17.7 Å². The first-order valence-electron chi connectivity index (χ1n) is 5.50. The summed E-state index contributed by atoms with van der Waals surface area (Å²) in [6, 6.07) is 0. The van der Waals surface area contributed by atoms with Crippen molar-refractivity contribution < 1.29 is 4.79 Å². The normalized spacial score (nSPS) is 10.9. The monoisotopic (exact) mass is 225 g/mol. The molecule has 0 saturated carbocycles. The molecule has 0 radical (unpaired) electrons. The molecule has 0 N–H and O–H groups in total. The molecule has 84 valence electrons. The van der Waals surface area contributed by atoms with Gasteiger partial charge in [-0.15, -0.1) is 11.3 Å². The summed E-state index contributed by atoms with van der Waals surface area (Å²) in [6.45, 7) is 6.21. The van der Waals surface area contributed by atoms with E-state index in [1.54, 1.807) is 11.3 Å². The summed E-state index contributed by atoms with van der Waals surface area (Å²) in [4.78, 5) is 17.0. The number of hydrogen-bond acceptors (Lipinski definition) is 3. The predicted molar refractivity (Wildman–Crippen MR) is 64.3 cm³/mol. The molecule has 0 unspecified atom stereocenters.